The van der Waals surface area contributed by atoms with E-state index in [-0.39, 0.29) is 36.9 Å². The van der Waals surface area contributed by atoms with Gasteiger partial charge in [-0.05, 0) is 55.1 Å². The smallest absolute Gasteiger partial charge is 0.420 e. The number of hydrogen-bond donors (Lipinski definition) is 2. The first kappa shape index (κ1) is 35.2. The van der Waals surface area contributed by atoms with Crippen molar-refractivity contribution >= 4 is 42.8 Å². The monoisotopic (exact) mass is 612 g/mol. The van der Waals surface area contributed by atoms with E-state index in [0.717, 1.165) is 17.5 Å². The van der Waals surface area contributed by atoms with Gasteiger partial charge in [0.1, 0.15) is 11.6 Å². The molecule has 0 unspecified atom stereocenters. The number of allylic oxidation sites excluding steroid dienone is 1. The number of imide groups is 1. The van der Waals surface area contributed by atoms with Gasteiger partial charge in [-0.2, -0.15) is 4.90 Å². The van der Waals surface area contributed by atoms with E-state index in [9.17, 15) is 24.3 Å². The molecular formula is C32H44N2O8Si. The van der Waals surface area contributed by atoms with Crippen LogP contribution in [-0.2, 0) is 23.5 Å². The highest BCUT2D eigenvalue weighted by Gasteiger charge is 2.50. The molecule has 0 aliphatic heterocycles. The van der Waals surface area contributed by atoms with Crippen molar-refractivity contribution in [2.75, 3.05) is 20.3 Å². The van der Waals surface area contributed by atoms with Crippen molar-refractivity contribution in [1.29, 1.82) is 0 Å². The van der Waals surface area contributed by atoms with Crippen LogP contribution in [0.5, 0.6) is 0 Å². The quantitative estimate of drug-likeness (QED) is 0.204. The zero-order valence-electron chi connectivity index (χ0n) is 26.1. The summed E-state index contributed by atoms with van der Waals surface area (Å²) in [5, 5.41) is 14.6. The summed E-state index contributed by atoms with van der Waals surface area (Å²) < 4.78 is 16.6. The van der Waals surface area contributed by atoms with Crippen molar-refractivity contribution in [2.45, 2.75) is 71.1 Å². The molecule has 2 aromatic rings. The molecule has 0 aliphatic carbocycles. The van der Waals surface area contributed by atoms with Crippen molar-refractivity contribution in [3.63, 3.8) is 0 Å². The molecule has 2 rings (SSSR count). The van der Waals surface area contributed by atoms with E-state index in [0.29, 0.717) is 4.90 Å². The Kier molecular flexibility index (Phi) is 12.7. The van der Waals surface area contributed by atoms with Crippen LogP contribution in [0, 0.1) is 0 Å². The Bertz CT molecular complexity index is 1210. The predicted molar refractivity (Wildman–Crippen MR) is 167 cm³/mol. The van der Waals surface area contributed by atoms with Gasteiger partial charge in [0.05, 0.1) is 13.7 Å². The summed E-state index contributed by atoms with van der Waals surface area (Å²) in [5.41, 5.74) is -0.953. The first-order chi connectivity index (χ1) is 20.1. The molecule has 11 heteroatoms. The number of nitrogens with one attached hydrogen (secondary N) is 1. The van der Waals surface area contributed by atoms with Crippen LogP contribution in [0.4, 0.5) is 9.59 Å². The lowest BCUT2D eigenvalue weighted by atomic mass is 10.1. The molecule has 0 aliphatic rings. The maximum atomic E-state index is 12.6. The normalized spacial score (nSPS) is 12.8. The number of rotatable bonds is 12. The number of carboxylic acid groups (broad SMARTS) is 1. The van der Waals surface area contributed by atoms with Gasteiger partial charge in [0.2, 0.25) is 5.91 Å². The van der Waals surface area contributed by atoms with E-state index >= 15 is 0 Å². The molecule has 0 spiro atoms. The largest absolute Gasteiger partial charge is 0.480 e. The van der Waals surface area contributed by atoms with Crippen LogP contribution >= 0.6 is 0 Å². The van der Waals surface area contributed by atoms with Crippen molar-refractivity contribution in [3.05, 3.63) is 72.8 Å². The molecule has 0 heterocycles. The van der Waals surface area contributed by atoms with Crippen LogP contribution in [0.25, 0.3) is 0 Å². The van der Waals surface area contributed by atoms with Crippen LogP contribution in [0.3, 0.4) is 0 Å². The third-order valence-corrected chi connectivity index (χ3v) is 11.6. The Morgan fingerprint density at radius 1 is 0.907 bits per heavy atom. The molecule has 0 aromatic heterocycles. The predicted octanol–water partition coefficient (Wildman–Crippen LogP) is 4.47. The van der Waals surface area contributed by atoms with Crippen LogP contribution in [0.1, 0.15) is 54.4 Å². The molecule has 0 fully saturated rings. The lowest BCUT2D eigenvalue weighted by molar-refractivity contribution is -0.142. The fraction of sp³-hybridized carbons (Fsp3) is 0.438. The molecule has 1 atom stereocenters. The second-order valence-corrected chi connectivity index (χ2v) is 16.3. The minimum atomic E-state index is -2.73. The summed E-state index contributed by atoms with van der Waals surface area (Å²) in [4.78, 5) is 49.7. The summed E-state index contributed by atoms with van der Waals surface area (Å²) in [6, 6.07) is 18.8. The number of benzene rings is 2. The van der Waals surface area contributed by atoms with Gasteiger partial charge in [-0.15, -0.1) is 0 Å². The Hall–Kier alpha value is -3.96. The first-order valence-corrected chi connectivity index (χ1v) is 16.1. The number of hydrogen-bond acceptors (Lipinski definition) is 7. The van der Waals surface area contributed by atoms with Crippen molar-refractivity contribution in [2.24, 2.45) is 0 Å². The van der Waals surface area contributed by atoms with Crippen molar-refractivity contribution in [1.82, 2.24) is 10.2 Å². The standard InChI is InChI=1S/C32H44N2O8Si/c1-31(2,3)42-30(39)34(29(38)40-7)26(28(36)37)20-14-15-21-27(35)33-22-23-41-43(32(4,5)6,24-16-10-8-11-17-24)25-18-12-9-13-19-25/h8-13,15-19,21,26H,14,20,22-23H2,1-7H3,(H,33,35)(H,36,37)/b21-15+/t26-/m0/s1. The van der Waals surface area contributed by atoms with E-state index in [1.54, 1.807) is 20.8 Å². The van der Waals surface area contributed by atoms with Gasteiger partial charge in [-0.3, -0.25) is 4.79 Å². The van der Waals surface area contributed by atoms with Gasteiger partial charge >= 0.3 is 18.2 Å². The molecule has 0 saturated heterocycles. The second-order valence-electron chi connectivity index (χ2n) is 12.0. The minimum Gasteiger partial charge on any atom is -0.480 e. The van der Waals surface area contributed by atoms with Crippen LogP contribution in [-0.4, -0.2) is 74.3 Å². The Balaban J connectivity index is 2.05. The van der Waals surface area contributed by atoms with E-state index in [4.69, 9.17) is 9.16 Å². The SMILES string of the molecule is COC(=O)N(C(=O)OC(C)(C)C)[C@@H](CC/C=C/C(=O)NCCO[Si](c1ccccc1)(c1ccccc1)C(C)(C)C)C(=O)O. The van der Waals surface area contributed by atoms with Gasteiger partial charge in [-0.1, -0.05) is 87.5 Å². The number of carbonyl (C=O) groups is 4. The summed E-state index contributed by atoms with van der Waals surface area (Å²) >= 11 is 0. The average Bonchev–Trinajstić information content (AvgIpc) is 2.93. The van der Waals surface area contributed by atoms with Crippen LogP contribution < -0.4 is 15.7 Å². The number of carbonyl (C=O) groups excluding carboxylic acids is 3. The van der Waals surface area contributed by atoms with Crippen LogP contribution in [0.15, 0.2) is 72.8 Å². The molecule has 0 bridgehead atoms. The zero-order chi connectivity index (χ0) is 32.3. The Labute approximate surface area is 255 Å². The number of carboxylic acids is 1. The Morgan fingerprint density at radius 3 is 1.88 bits per heavy atom. The number of aliphatic carboxylic acids is 1. The first-order valence-electron chi connectivity index (χ1n) is 14.2. The molecule has 3 amide bonds. The molecule has 0 saturated carbocycles. The number of nitrogens with zero attached hydrogens (tertiary/aromatic N) is 1. The molecule has 234 valence electrons. The zero-order valence-corrected chi connectivity index (χ0v) is 27.1. The summed E-state index contributed by atoms with van der Waals surface area (Å²) in [5.74, 6) is -1.79. The van der Waals surface area contributed by atoms with Crippen molar-refractivity contribution in [3.8, 4) is 0 Å². The van der Waals surface area contributed by atoms with Gasteiger partial charge in [0.25, 0.3) is 8.32 Å². The topological polar surface area (TPSA) is 131 Å². The molecule has 43 heavy (non-hydrogen) atoms. The maximum Gasteiger partial charge on any atom is 0.420 e. The molecule has 2 N–H and O–H groups in total. The third kappa shape index (κ3) is 9.79. The molecule has 2 aromatic carbocycles. The van der Waals surface area contributed by atoms with Gasteiger partial charge in [-0.25, -0.2) is 14.4 Å². The Morgan fingerprint density at radius 2 is 1.44 bits per heavy atom. The molecule has 0 radical (unpaired) electrons. The lowest BCUT2D eigenvalue weighted by Crippen LogP contribution is -2.67. The highest BCUT2D eigenvalue weighted by atomic mass is 28.4. The fourth-order valence-electron chi connectivity index (χ4n) is 4.74. The summed E-state index contributed by atoms with van der Waals surface area (Å²) in [7, 11) is -1.69. The van der Waals surface area contributed by atoms with E-state index in [1.165, 1.54) is 12.2 Å². The minimum absolute atomic E-state index is 0.0965. The average molecular weight is 613 g/mol. The number of ether oxygens (including phenoxy) is 2. The van der Waals surface area contributed by atoms with E-state index in [1.807, 2.05) is 36.4 Å². The third-order valence-electron chi connectivity index (χ3n) is 6.57. The highest BCUT2D eigenvalue weighted by Crippen LogP contribution is 2.36. The van der Waals surface area contributed by atoms with Gasteiger partial charge in [0.15, 0.2) is 0 Å². The second kappa shape index (κ2) is 15.5. The fourth-order valence-corrected chi connectivity index (χ4v) is 9.31. The summed E-state index contributed by atoms with van der Waals surface area (Å²) in [6.07, 6.45) is 0.443. The number of amides is 3. The van der Waals surface area contributed by atoms with E-state index < -0.39 is 38.1 Å². The van der Waals surface area contributed by atoms with Gasteiger partial charge < -0.3 is 24.3 Å². The lowest BCUT2D eigenvalue weighted by Gasteiger charge is -2.43. The van der Waals surface area contributed by atoms with Crippen LogP contribution in [0.2, 0.25) is 5.04 Å². The maximum absolute atomic E-state index is 12.6. The highest BCUT2D eigenvalue weighted by molar-refractivity contribution is 6.99. The van der Waals surface area contributed by atoms with E-state index in [2.05, 4.69) is 55.1 Å². The van der Waals surface area contributed by atoms with Crippen molar-refractivity contribution < 1.29 is 38.2 Å². The number of methoxy groups -OCH3 is 1. The molecule has 10 nitrogen and oxygen atoms in total. The van der Waals surface area contributed by atoms with Gasteiger partial charge in [0, 0.05) is 6.54 Å². The summed E-state index contributed by atoms with van der Waals surface area (Å²) in [6.45, 7) is 11.9. The molecular weight excluding hydrogens is 568 g/mol.